The molecular weight excluding hydrogens is 370 g/mol. The Labute approximate surface area is 149 Å². The Morgan fingerprint density at radius 3 is 2.42 bits per heavy atom. The number of rotatable bonds is 5. The van der Waals surface area contributed by atoms with Gasteiger partial charge in [-0.25, -0.2) is 9.69 Å². The number of cyclic esters (lactones) is 1. The van der Waals surface area contributed by atoms with Crippen LogP contribution in [0.3, 0.4) is 0 Å². The normalized spacial score (nSPS) is 18.3. The van der Waals surface area contributed by atoms with E-state index in [4.69, 9.17) is 4.74 Å². The molecule has 2 aromatic rings. The van der Waals surface area contributed by atoms with Crippen molar-refractivity contribution in [1.29, 1.82) is 0 Å². The maximum Gasteiger partial charge on any atom is 0.417 e. The van der Waals surface area contributed by atoms with Crippen molar-refractivity contribution in [3.63, 3.8) is 0 Å². The number of ether oxygens (including phenoxy) is 1. The zero-order valence-electron chi connectivity index (χ0n) is 13.1. The van der Waals surface area contributed by atoms with E-state index in [9.17, 15) is 9.59 Å². The lowest BCUT2D eigenvalue weighted by atomic mass is 10.1. The highest BCUT2D eigenvalue weighted by Gasteiger charge is 2.40. The van der Waals surface area contributed by atoms with Crippen molar-refractivity contribution in [2.24, 2.45) is 0 Å². The quantitative estimate of drug-likeness (QED) is 0.725. The first-order chi connectivity index (χ1) is 11.7. The lowest BCUT2D eigenvalue weighted by molar-refractivity contribution is -0.128. The van der Waals surface area contributed by atoms with Crippen molar-refractivity contribution in [1.82, 2.24) is 4.90 Å². The first-order valence-corrected chi connectivity index (χ1v) is 8.81. The Hall–Kier alpha value is -2.14. The molecule has 4 nitrogen and oxygen atoms in total. The van der Waals surface area contributed by atoms with Gasteiger partial charge in [0.05, 0.1) is 4.83 Å². The molecule has 1 fully saturated rings. The van der Waals surface area contributed by atoms with Gasteiger partial charge >= 0.3 is 6.09 Å². The molecular formula is C19H18BrNO3. The molecule has 0 spiro atoms. The molecule has 0 aromatic heterocycles. The number of hydrogen-bond acceptors (Lipinski definition) is 3. The van der Waals surface area contributed by atoms with Gasteiger partial charge in [0.2, 0.25) is 5.91 Å². The number of nitrogens with zero attached hydrogens (tertiary/aromatic N) is 1. The second-order valence-corrected chi connectivity index (χ2v) is 6.81. The van der Waals surface area contributed by atoms with Crippen LogP contribution in [0.1, 0.15) is 23.6 Å². The zero-order chi connectivity index (χ0) is 16.9. The number of halogens is 1. The van der Waals surface area contributed by atoms with E-state index in [2.05, 4.69) is 15.9 Å². The molecule has 124 valence electrons. The summed E-state index contributed by atoms with van der Waals surface area (Å²) in [6.45, 7) is 0.201. The summed E-state index contributed by atoms with van der Waals surface area (Å²) < 4.78 is 5.11. The van der Waals surface area contributed by atoms with Crippen LogP contribution in [0.4, 0.5) is 4.79 Å². The summed E-state index contributed by atoms with van der Waals surface area (Å²) in [5.74, 6) is -0.248. The van der Waals surface area contributed by atoms with Gasteiger partial charge in [0.1, 0.15) is 12.6 Å². The van der Waals surface area contributed by atoms with E-state index in [0.29, 0.717) is 6.42 Å². The predicted molar refractivity (Wildman–Crippen MR) is 94.9 cm³/mol. The SMILES string of the molecule is O=C1OC[C@@H](c2ccccc2)N1C(=O)[C@H](Br)CCc1ccccc1. The van der Waals surface area contributed by atoms with Gasteiger partial charge in [0, 0.05) is 0 Å². The Balaban J connectivity index is 1.68. The highest BCUT2D eigenvalue weighted by atomic mass is 79.9. The van der Waals surface area contributed by atoms with Gasteiger partial charge in [-0.3, -0.25) is 4.79 Å². The maximum absolute atomic E-state index is 12.7. The molecule has 1 heterocycles. The fraction of sp³-hybridized carbons (Fsp3) is 0.263. The third-order valence-electron chi connectivity index (χ3n) is 4.09. The average molecular weight is 388 g/mol. The summed E-state index contributed by atoms with van der Waals surface area (Å²) in [7, 11) is 0. The van der Waals surface area contributed by atoms with Gasteiger partial charge in [0.15, 0.2) is 0 Å². The van der Waals surface area contributed by atoms with Crippen LogP contribution in [0.15, 0.2) is 60.7 Å². The molecule has 2 amide bonds. The smallest absolute Gasteiger partial charge is 0.417 e. The molecule has 1 aliphatic heterocycles. The van der Waals surface area contributed by atoms with Crippen LogP contribution in [0.5, 0.6) is 0 Å². The Kier molecular flexibility index (Phi) is 5.30. The van der Waals surface area contributed by atoms with E-state index < -0.39 is 10.9 Å². The monoisotopic (exact) mass is 387 g/mol. The molecule has 1 saturated heterocycles. The molecule has 0 N–H and O–H groups in total. The topological polar surface area (TPSA) is 46.6 Å². The van der Waals surface area contributed by atoms with Crippen molar-refractivity contribution < 1.29 is 14.3 Å². The minimum Gasteiger partial charge on any atom is -0.446 e. The molecule has 0 aliphatic carbocycles. The van der Waals surface area contributed by atoms with E-state index in [1.54, 1.807) is 0 Å². The van der Waals surface area contributed by atoms with Crippen molar-refractivity contribution in [3.8, 4) is 0 Å². The van der Waals surface area contributed by atoms with Gasteiger partial charge < -0.3 is 4.74 Å². The van der Waals surface area contributed by atoms with Crippen molar-refractivity contribution in [2.45, 2.75) is 23.7 Å². The van der Waals surface area contributed by atoms with E-state index in [-0.39, 0.29) is 18.6 Å². The van der Waals surface area contributed by atoms with Crippen LogP contribution in [0, 0.1) is 0 Å². The van der Waals surface area contributed by atoms with E-state index >= 15 is 0 Å². The summed E-state index contributed by atoms with van der Waals surface area (Å²) in [5.41, 5.74) is 2.07. The summed E-state index contributed by atoms with van der Waals surface area (Å²) in [4.78, 5) is 25.6. The van der Waals surface area contributed by atoms with Gasteiger partial charge in [-0.05, 0) is 24.0 Å². The summed E-state index contributed by atoms with van der Waals surface area (Å²) >= 11 is 3.44. The number of hydrogen-bond donors (Lipinski definition) is 0. The number of alkyl halides is 1. The molecule has 2 atom stereocenters. The molecule has 0 radical (unpaired) electrons. The van der Waals surface area contributed by atoms with E-state index in [1.165, 1.54) is 10.5 Å². The highest BCUT2D eigenvalue weighted by Crippen LogP contribution is 2.30. The summed E-state index contributed by atoms with van der Waals surface area (Å²) in [6.07, 6.45) is 0.813. The van der Waals surface area contributed by atoms with Crippen LogP contribution in [-0.4, -0.2) is 28.3 Å². The van der Waals surface area contributed by atoms with Crippen LogP contribution < -0.4 is 0 Å². The zero-order valence-corrected chi connectivity index (χ0v) is 14.7. The highest BCUT2D eigenvalue weighted by molar-refractivity contribution is 9.10. The Morgan fingerprint density at radius 1 is 1.12 bits per heavy atom. The largest absolute Gasteiger partial charge is 0.446 e. The second-order valence-electron chi connectivity index (χ2n) is 5.70. The Morgan fingerprint density at radius 2 is 1.75 bits per heavy atom. The van der Waals surface area contributed by atoms with Gasteiger partial charge in [-0.15, -0.1) is 0 Å². The number of benzene rings is 2. The van der Waals surface area contributed by atoms with Crippen molar-refractivity contribution in [3.05, 3.63) is 71.8 Å². The Bertz CT molecular complexity index is 705. The lowest BCUT2D eigenvalue weighted by Crippen LogP contribution is -2.39. The summed E-state index contributed by atoms with van der Waals surface area (Å²) in [6, 6.07) is 19.1. The third-order valence-corrected chi connectivity index (χ3v) is 4.94. The van der Waals surface area contributed by atoms with Crippen LogP contribution >= 0.6 is 15.9 Å². The number of amides is 2. The third kappa shape index (κ3) is 3.67. The molecule has 3 rings (SSSR count). The first-order valence-electron chi connectivity index (χ1n) is 7.89. The number of aryl methyl sites for hydroxylation is 1. The predicted octanol–water partition coefficient (Wildman–Crippen LogP) is 4.10. The van der Waals surface area contributed by atoms with Crippen molar-refractivity contribution in [2.75, 3.05) is 6.61 Å². The molecule has 24 heavy (non-hydrogen) atoms. The molecule has 1 aliphatic rings. The first kappa shape index (κ1) is 16.7. The summed E-state index contributed by atoms with van der Waals surface area (Å²) in [5, 5.41) is 0. The molecule has 0 saturated carbocycles. The molecule has 0 unspecified atom stereocenters. The lowest BCUT2D eigenvalue weighted by Gasteiger charge is -2.22. The van der Waals surface area contributed by atoms with Crippen LogP contribution in [0.2, 0.25) is 0 Å². The average Bonchev–Trinajstić information content (AvgIpc) is 3.02. The number of carbonyl (C=O) groups is 2. The number of carbonyl (C=O) groups excluding carboxylic acids is 2. The second kappa shape index (κ2) is 7.62. The maximum atomic E-state index is 12.7. The van der Waals surface area contributed by atoms with Crippen LogP contribution in [0.25, 0.3) is 0 Å². The fourth-order valence-corrected chi connectivity index (χ4v) is 3.25. The minimum absolute atomic E-state index is 0.201. The van der Waals surface area contributed by atoms with Crippen LogP contribution in [-0.2, 0) is 16.0 Å². The van der Waals surface area contributed by atoms with E-state index in [0.717, 1.165) is 12.0 Å². The van der Waals surface area contributed by atoms with Gasteiger partial charge in [-0.1, -0.05) is 76.6 Å². The van der Waals surface area contributed by atoms with Crippen molar-refractivity contribution >= 4 is 27.9 Å². The fourth-order valence-electron chi connectivity index (χ4n) is 2.80. The van der Waals surface area contributed by atoms with Gasteiger partial charge in [-0.2, -0.15) is 0 Å². The van der Waals surface area contributed by atoms with Gasteiger partial charge in [0.25, 0.3) is 0 Å². The molecule has 0 bridgehead atoms. The number of imide groups is 1. The van der Waals surface area contributed by atoms with E-state index in [1.807, 2.05) is 60.7 Å². The molecule has 2 aromatic carbocycles. The standard InChI is InChI=1S/C19H18BrNO3/c20-16(12-11-14-7-3-1-4-8-14)18(22)21-17(13-24-19(21)23)15-9-5-2-6-10-15/h1-10,16-17H,11-13H2/t16-,17+/m1/s1. The minimum atomic E-state index is -0.571. The molecule has 5 heteroatoms.